The predicted molar refractivity (Wildman–Crippen MR) is 118 cm³/mol. The molecule has 1 aliphatic heterocycles. The molecule has 7 heteroatoms. The molecule has 1 N–H and O–H groups in total. The summed E-state index contributed by atoms with van der Waals surface area (Å²) in [4.78, 5) is 17.2. The van der Waals surface area contributed by atoms with E-state index >= 15 is 0 Å². The number of carbonyl (C=O) groups is 1. The third-order valence-electron chi connectivity index (χ3n) is 5.36. The van der Waals surface area contributed by atoms with Crippen molar-refractivity contribution in [1.29, 1.82) is 0 Å². The van der Waals surface area contributed by atoms with E-state index < -0.39 is 0 Å². The summed E-state index contributed by atoms with van der Waals surface area (Å²) in [5.74, 6) is 1.28. The summed E-state index contributed by atoms with van der Waals surface area (Å²) in [7, 11) is 7.18. The molecule has 1 aliphatic rings. The Kier molecular flexibility index (Phi) is 7.54. The number of nitrogens with one attached hydrogen (secondary N) is 1. The van der Waals surface area contributed by atoms with Gasteiger partial charge in [0.1, 0.15) is 0 Å². The zero-order valence-corrected chi connectivity index (χ0v) is 18.2. The second-order valence-electron chi connectivity index (χ2n) is 7.43. The van der Waals surface area contributed by atoms with Gasteiger partial charge in [0.2, 0.25) is 0 Å². The van der Waals surface area contributed by atoms with Gasteiger partial charge in [-0.05, 0) is 35.9 Å². The highest BCUT2D eigenvalue weighted by molar-refractivity contribution is 5.95. The second kappa shape index (κ2) is 10.3. The van der Waals surface area contributed by atoms with Gasteiger partial charge in [-0.2, -0.15) is 0 Å². The largest absolute Gasteiger partial charge is 0.493 e. The van der Waals surface area contributed by atoms with Crippen LogP contribution in [0.2, 0.25) is 0 Å². The molecule has 0 bridgehead atoms. The average molecular weight is 414 g/mol. The standard InChI is InChI=1S/C23H31N3O4/c1-25(2)19-7-5-6-18(14-19)23(27)24-16-20(26-10-12-30-13-11-26)17-8-9-21(28-3)22(15-17)29-4/h5-9,14-15,20H,10-13,16H2,1-4H3,(H,24,27). The summed E-state index contributed by atoms with van der Waals surface area (Å²) >= 11 is 0. The van der Waals surface area contributed by atoms with Crippen molar-refractivity contribution in [2.45, 2.75) is 6.04 Å². The fourth-order valence-corrected chi connectivity index (χ4v) is 3.62. The van der Waals surface area contributed by atoms with Crippen LogP contribution in [0.4, 0.5) is 5.69 Å². The molecule has 1 atom stereocenters. The smallest absolute Gasteiger partial charge is 0.251 e. The average Bonchev–Trinajstić information content (AvgIpc) is 2.79. The van der Waals surface area contributed by atoms with Gasteiger partial charge in [0, 0.05) is 45.0 Å². The maximum Gasteiger partial charge on any atom is 0.251 e. The Morgan fingerprint density at radius 1 is 1.10 bits per heavy atom. The van der Waals surface area contributed by atoms with Gasteiger partial charge in [0.05, 0.1) is 33.5 Å². The van der Waals surface area contributed by atoms with Crippen LogP contribution in [-0.4, -0.2) is 72.0 Å². The first-order valence-corrected chi connectivity index (χ1v) is 10.1. The molecule has 30 heavy (non-hydrogen) atoms. The molecular formula is C23H31N3O4. The highest BCUT2D eigenvalue weighted by atomic mass is 16.5. The van der Waals surface area contributed by atoms with E-state index in [1.54, 1.807) is 14.2 Å². The van der Waals surface area contributed by atoms with Crippen LogP contribution in [-0.2, 0) is 4.74 Å². The van der Waals surface area contributed by atoms with Crippen LogP contribution in [0.5, 0.6) is 11.5 Å². The van der Waals surface area contributed by atoms with Gasteiger partial charge in [0.25, 0.3) is 5.91 Å². The molecule has 2 aromatic carbocycles. The van der Waals surface area contributed by atoms with E-state index in [1.165, 1.54) is 0 Å². The number of hydrogen-bond acceptors (Lipinski definition) is 6. The SMILES string of the molecule is COc1ccc(C(CNC(=O)c2cccc(N(C)C)c2)N2CCOCC2)cc1OC. The monoisotopic (exact) mass is 413 g/mol. The molecule has 0 aliphatic carbocycles. The Hall–Kier alpha value is -2.77. The Bertz CT molecular complexity index is 850. The van der Waals surface area contributed by atoms with Crippen molar-refractivity contribution in [3.8, 4) is 11.5 Å². The molecule has 0 saturated carbocycles. The van der Waals surface area contributed by atoms with Crippen LogP contribution in [0.3, 0.4) is 0 Å². The Morgan fingerprint density at radius 2 is 1.83 bits per heavy atom. The molecule has 2 aromatic rings. The van der Waals surface area contributed by atoms with Crippen molar-refractivity contribution in [3.05, 3.63) is 53.6 Å². The normalized spacial score (nSPS) is 15.3. The number of hydrogen-bond donors (Lipinski definition) is 1. The summed E-state index contributed by atoms with van der Waals surface area (Å²) in [6.07, 6.45) is 0. The molecule has 0 radical (unpaired) electrons. The molecule has 3 rings (SSSR count). The fraction of sp³-hybridized carbons (Fsp3) is 0.435. The fourth-order valence-electron chi connectivity index (χ4n) is 3.62. The van der Waals surface area contributed by atoms with Crippen molar-refractivity contribution in [2.24, 2.45) is 0 Å². The summed E-state index contributed by atoms with van der Waals surface area (Å²) in [5.41, 5.74) is 2.71. The number of rotatable bonds is 8. The van der Waals surface area contributed by atoms with E-state index in [0.717, 1.165) is 24.3 Å². The molecule has 0 spiro atoms. The van der Waals surface area contributed by atoms with Crippen LogP contribution in [0, 0.1) is 0 Å². The number of nitrogens with zero attached hydrogens (tertiary/aromatic N) is 2. The maximum atomic E-state index is 12.8. The minimum atomic E-state index is -0.0857. The van der Waals surface area contributed by atoms with Crippen LogP contribution >= 0.6 is 0 Å². The Morgan fingerprint density at radius 3 is 2.50 bits per heavy atom. The lowest BCUT2D eigenvalue weighted by Gasteiger charge is -2.35. The number of morpholine rings is 1. The molecule has 1 fully saturated rings. The topological polar surface area (TPSA) is 63.3 Å². The first kappa shape index (κ1) is 21.9. The quantitative estimate of drug-likeness (QED) is 0.718. The molecule has 1 saturated heterocycles. The molecule has 7 nitrogen and oxygen atoms in total. The van der Waals surface area contributed by atoms with E-state index in [4.69, 9.17) is 14.2 Å². The van der Waals surface area contributed by atoms with Gasteiger partial charge in [0.15, 0.2) is 11.5 Å². The molecule has 1 amide bonds. The second-order valence-corrected chi connectivity index (χ2v) is 7.43. The van der Waals surface area contributed by atoms with Crippen LogP contribution in [0.15, 0.2) is 42.5 Å². The van der Waals surface area contributed by atoms with Crippen LogP contribution < -0.4 is 19.7 Å². The van der Waals surface area contributed by atoms with Crippen molar-refractivity contribution in [1.82, 2.24) is 10.2 Å². The molecule has 0 aromatic heterocycles. The zero-order chi connectivity index (χ0) is 21.5. The highest BCUT2D eigenvalue weighted by Crippen LogP contribution is 2.32. The minimum absolute atomic E-state index is 0.00897. The lowest BCUT2D eigenvalue weighted by Crippen LogP contribution is -2.43. The van der Waals surface area contributed by atoms with Crippen molar-refractivity contribution in [2.75, 3.05) is 66.1 Å². The molecule has 1 unspecified atom stereocenters. The van der Waals surface area contributed by atoms with Gasteiger partial charge in [-0.15, -0.1) is 0 Å². The number of carbonyl (C=O) groups excluding carboxylic acids is 1. The summed E-state index contributed by atoms with van der Waals surface area (Å²) < 4.78 is 16.4. The Labute approximate surface area is 178 Å². The van der Waals surface area contributed by atoms with Gasteiger partial charge < -0.3 is 24.4 Å². The molecular weight excluding hydrogens is 382 g/mol. The van der Waals surface area contributed by atoms with E-state index in [9.17, 15) is 4.79 Å². The van der Waals surface area contributed by atoms with E-state index in [2.05, 4.69) is 10.2 Å². The third-order valence-corrected chi connectivity index (χ3v) is 5.36. The van der Waals surface area contributed by atoms with E-state index in [0.29, 0.717) is 36.8 Å². The van der Waals surface area contributed by atoms with Crippen LogP contribution in [0.1, 0.15) is 22.0 Å². The van der Waals surface area contributed by atoms with E-state index in [-0.39, 0.29) is 11.9 Å². The number of amides is 1. The van der Waals surface area contributed by atoms with E-state index in [1.807, 2.05) is 61.5 Å². The first-order chi connectivity index (χ1) is 14.5. The number of anilines is 1. The number of ether oxygens (including phenoxy) is 3. The first-order valence-electron chi connectivity index (χ1n) is 10.1. The minimum Gasteiger partial charge on any atom is -0.493 e. The van der Waals surface area contributed by atoms with Gasteiger partial charge >= 0.3 is 0 Å². The highest BCUT2D eigenvalue weighted by Gasteiger charge is 2.24. The van der Waals surface area contributed by atoms with Crippen molar-refractivity contribution >= 4 is 11.6 Å². The van der Waals surface area contributed by atoms with Crippen molar-refractivity contribution < 1.29 is 19.0 Å². The maximum absolute atomic E-state index is 12.8. The third kappa shape index (κ3) is 5.23. The Balaban J connectivity index is 1.79. The van der Waals surface area contributed by atoms with Crippen molar-refractivity contribution in [3.63, 3.8) is 0 Å². The van der Waals surface area contributed by atoms with Gasteiger partial charge in [-0.1, -0.05) is 12.1 Å². The number of benzene rings is 2. The zero-order valence-electron chi connectivity index (χ0n) is 18.2. The lowest BCUT2D eigenvalue weighted by molar-refractivity contribution is 0.0162. The summed E-state index contributed by atoms with van der Waals surface area (Å²) in [6, 6.07) is 13.5. The predicted octanol–water partition coefficient (Wildman–Crippen LogP) is 2.57. The summed E-state index contributed by atoms with van der Waals surface area (Å²) in [5, 5.41) is 3.12. The van der Waals surface area contributed by atoms with Gasteiger partial charge in [-0.25, -0.2) is 0 Å². The van der Waals surface area contributed by atoms with Crippen LogP contribution in [0.25, 0.3) is 0 Å². The van der Waals surface area contributed by atoms with Gasteiger partial charge in [-0.3, -0.25) is 9.69 Å². The number of methoxy groups -OCH3 is 2. The molecule has 1 heterocycles. The summed E-state index contributed by atoms with van der Waals surface area (Å²) in [6.45, 7) is 3.47. The lowest BCUT2D eigenvalue weighted by atomic mass is 10.0. The molecule has 162 valence electrons.